The largest absolute Gasteiger partial charge is 0.497 e. The maximum Gasteiger partial charge on any atom is 0.321 e. The van der Waals surface area contributed by atoms with Crippen LogP contribution in [-0.4, -0.2) is 43.1 Å². The SMILES string of the molecule is COc1ccc(C(=O)NC2CCN(C(=O)Nc3cccc(F)c3)CC2)cc1. The number of anilines is 1. The number of urea groups is 1. The van der Waals surface area contributed by atoms with Crippen molar-refractivity contribution in [3.8, 4) is 5.75 Å². The van der Waals surface area contributed by atoms with Gasteiger partial charge < -0.3 is 20.3 Å². The van der Waals surface area contributed by atoms with E-state index >= 15 is 0 Å². The lowest BCUT2D eigenvalue weighted by Crippen LogP contribution is -2.47. The fourth-order valence-electron chi connectivity index (χ4n) is 3.01. The van der Waals surface area contributed by atoms with Crippen molar-refractivity contribution in [1.82, 2.24) is 10.2 Å². The van der Waals surface area contributed by atoms with Gasteiger partial charge >= 0.3 is 6.03 Å². The number of nitrogens with one attached hydrogen (secondary N) is 2. The second-order valence-electron chi connectivity index (χ2n) is 6.40. The number of likely N-dealkylation sites (tertiary alicyclic amines) is 1. The van der Waals surface area contributed by atoms with Crippen molar-refractivity contribution >= 4 is 17.6 Å². The second kappa shape index (κ2) is 8.53. The first kappa shape index (κ1) is 18.7. The number of carbonyl (C=O) groups is 2. The Balaban J connectivity index is 1.48. The molecular formula is C20H22FN3O3. The fourth-order valence-corrected chi connectivity index (χ4v) is 3.01. The number of carbonyl (C=O) groups excluding carboxylic acids is 2. The summed E-state index contributed by atoms with van der Waals surface area (Å²) in [6.07, 6.45) is 1.33. The Morgan fingerprint density at radius 1 is 1.11 bits per heavy atom. The summed E-state index contributed by atoms with van der Waals surface area (Å²) in [4.78, 5) is 26.3. The number of hydrogen-bond acceptors (Lipinski definition) is 3. The minimum atomic E-state index is -0.396. The Morgan fingerprint density at radius 3 is 2.44 bits per heavy atom. The number of ether oxygens (including phenoxy) is 1. The number of nitrogens with zero attached hydrogens (tertiary/aromatic N) is 1. The highest BCUT2D eigenvalue weighted by Gasteiger charge is 2.24. The van der Waals surface area contributed by atoms with Crippen LogP contribution in [0, 0.1) is 5.82 Å². The van der Waals surface area contributed by atoms with Crippen molar-refractivity contribution in [2.45, 2.75) is 18.9 Å². The number of methoxy groups -OCH3 is 1. The third-order valence-corrected chi connectivity index (χ3v) is 4.55. The first-order valence-electron chi connectivity index (χ1n) is 8.81. The molecule has 0 aromatic heterocycles. The zero-order chi connectivity index (χ0) is 19.2. The highest BCUT2D eigenvalue weighted by atomic mass is 19.1. The van der Waals surface area contributed by atoms with Crippen LogP contribution in [0.4, 0.5) is 14.9 Å². The van der Waals surface area contributed by atoms with Gasteiger partial charge in [0.25, 0.3) is 5.91 Å². The summed E-state index contributed by atoms with van der Waals surface area (Å²) in [5.74, 6) is 0.164. The highest BCUT2D eigenvalue weighted by molar-refractivity contribution is 5.94. The van der Waals surface area contributed by atoms with Crippen molar-refractivity contribution in [2.24, 2.45) is 0 Å². The van der Waals surface area contributed by atoms with E-state index in [0.29, 0.717) is 42.9 Å². The molecule has 2 aromatic carbocycles. The topological polar surface area (TPSA) is 70.7 Å². The number of piperidine rings is 1. The standard InChI is InChI=1S/C20H22FN3O3/c1-27-18-7-5-14(6-8-18)19(25)22-16-9-11-24(12-10-16)20(26)23-17-4-2-3-15(21)13-17/h2-8,13,16H,9-12H2,1H3,(H,22,25)(H,23,26). The molecule has 1 saturated heterocycles. The molecule has 142 valence electrons. The van der Waals surface area contributed by atoms with Gasteiger partial charge in [0.1, 0.15) is 11.6 Å². The van der Waals surface area contributed by atoms with Gasteiger partial charge in [0, 0.05) is 30.4 Å². The summed E-state index contributed by atoms with van der Waals surface area (Å²) in [7, 11) is 1.58. The van der Waals surface area contributed by atoms with Crippen LogP contribution >= 0.6 is 0 Å². The van der Waals surface area contributed by atoms with E-state index in [1.54, 1.807) is 48.4 Å². The first-order valence-corrected chi connectivity index (χ1v) is 8.81. The number of benzene rings is 2. The first-order chi connectivity index (χ1) is 13.0. The summed E-state index contributed by atoms with van der Waals surface area (Å²) >= 11 is 0. The summed E-state index contributed by atoms with van der Waals surface area (Å²) in [5.41, 5.74) is 0.997. The zero-order valence-electron chi connectivity index (χ0n) is 15.1. The molecule has 6 nitrogen and oxygen atoms in total. The molecule has 2 N–H and O–H groups in total. The number of hydrogen-bond donors (Lipinski definition) is 2. The predicted molar refractivity (Wildman–Crippen MR) is 100 cm³/mol. The Labute approximate surface area is 157 Å². The molecule has 0 spiro atoms. The highest BCUT2D eigenvalue weighted by Crippen LogP contribution is 2.16. The molecule has 0 bridgehead atoms. The normalized spacial score (nSPS) is 14.5. The number of amides is 3. The van der Waals surface area contributed by atoms with E-state index in [1.165, 1.54) is 12.1 Å². The lowest BCUT2D eigenvalue weighted by Gasteiger charge is -2.32. The Hall–Kier alpha value is -3.09. The van der Waals surface area contributed by atoms with Crippen molar-refractivity contribution in [2.75, 3.05) is 25.5 Å². The molecule has 1 heterocycles. The van der Waals surface area contributed by atoms with Gasteiger partial charge in [-0.15, -0.1) is 0 Å². The smallest absolute Gasteiger partial charge is 0.321 e. The van der Waals surface area contributed by atoms with E-state index < -0.39 is 5.82 Å². The molecule has 0 saturated carbocycles. The molecule has 0 atom stereocenters. The lowest BCUT2D eigenvalue weighted by molar-refractivity contribution is 0.0919. The summed E-state index contributed by atoms with van der Waals surface area (Å²) in [5, 5.41) is 5.69. The molecule has 3 rings (SSSR count). The molecule has 0 unspecified atom stereocenters. The minimum Gasteiger partial charge on any atom is -0.497 e. The third-order valence-electron chi connectivity index (χ3n) is 4.55. The van der Waals surface area contributed by atoms with Gasteiger partial charge in [-0.05, 0) is 55.3 Å². The van der Waals surface area contributed by atoms with Gasteiger partial charge in [0.15, 0.2) is 0 Å². The van der Waals surface area contributed by atoms with Crippen LogP contribution in [0.3, 0.4) is 0 Å². The quantitative estimate of drug-likeness (QED) is 0.867. The van der Waals surface area contributed by atoms with Crippen LogP contribution in [-0.2, 0) is 0 Å². The molecule has 1 aliphatic rings. The van der Waals surface area contributed by atoms with Crippen molar-refractivity contribution < 1.29 is 18.7 Å². The molecule has 0 radical (unpaired) electrons. The van der Waals surface area contributed by atoms with Gasteiger partial charge in [0.05, 0.1) is 7.11 Å². The van der Waals surface area contributed by atoms with Crippen LogP contribution < -0.4 is 15.4 Å². The Morgan fingerprint density at radius 2 is 1.81 bits per heavy atom. The maximum atomic E-state index is 13.2. The van der Waals surface area contributed by atoms with Gasteiger partial charge in [-0.3, -0.25) is 4.79 Å². The predicted octanol–water partition coefficient (Wildman–Crippen LogP) is 3.26. The Kier molecular flexibility index (Phi) is 5.90. The van der Waals surface area contributed by atoms with Gasteiger partial charge in [-0.1, -0.05) is 6.07 Å². The number of rotatable bonds is 4. The van der Waals surface area contributed by atoms with E-state index in [0.717, 1.165) is 0 Å². The number of halogens is 1. The van der Waals surface area contributed by atoms with Crippen LogP contribution in [0.5, 0.6) is 5.75 Å². The minimum absolute atomic E-state index is 0.0119. The van der Waals surface area contributed by atoms with Gasteiger partial charge in [-0.2, -0.15) is 0 Å². The average Bonchev–Trinajstić information content (AvgIpc) is 2.68. The van der Waals surface area contributed by atoms with Crippen molar-refractivity contribution in [3.05, 3.63) is 59.9 Å². The Bertz CT molecular complexity index is 802. The third kappa shape index (κ3) is 4.97. The van der Waals surface area contributed by atoms with Gasteiger partial charge in [-0.25, -0.2) is 9.18 Å². The van der Waals surface area contributed by atoms with E-state index in [-0.39, 0.29) is 18.0 Å². The van der Waals surface area contributed by atoms with Crippen LogP contribution in [0.15, 0.2) is 48.5 Å². The van der Waals surface area contributed by atoms with E-state index in [4.69, 9.17) is 4.74 Å². The van der Waals surface area contributed by atoms with E-state index in [1.807, 2.05) is 0 Å². The maximum absolute atomic E-state index is 13.2. The average molecular weight is 371 g/mol. The zero-order valence-corrected chi connectivity index (χ0v) is 15.1. The summed E-state index contributed by atoms with van der Waals surface area (Å²) in [6, 6.07) is 12.5. The molecule has 2 aromatic rings. The van der Waals surface area contributed by atoms with Crippen molar-refractivity contribution in [1.29, 1.82) is 0 Å². The van der Waals surface area contributed by atoms with Gasteiger partial charge in [0.2, 0.25) is 0 Å². The molecule has 0 aliphatic carbocycles. The molecule has 27 heavy (non-hydrogen) atoms. The summed E-state index contributed by atoms with van der Waals surface area (Å²) in [6.45, 7) is 1.05. The van der Waals surface area contributed by atoms with Crippen LogP contribution in [0.25, 0.3) is 0 Å². The van der Waals surface area contributed by atoms with Crippen LogP contribution in [0.1, 0.15) is 23.2 Å². The van der Waals surface area contributed by atoms with Crippen LogP contribution in [0.2, 0.25) is 0 Å². The molecular weight excluding hydrogens is 349 g/mol. The monoisotopic (exact) mass is 371 g/mol. The van der Waals surface area contributed by atoms with E-state index in [9.17, 15) is 14.0 Å². The lowest BCUT2D eigenvalue weighted by atomic mass is 10.0. The molecule has 7 heteroatoms. The fraction of sp³-hybridized carbons (Fsp3) is 0.300. The summed E-state index contributed by atoms with van der Waals surface area (Å²) < 4.78 is 18.3. The molecule has 1 fully saturated rings. The van der Waals surface area contributed by atoms with E-state index in [2.05, 4.69) is 10.6 Å². The van der Waals surface area contributed by atoms with Crippen molar-refractivity contribution in [3.63, 3.8) is 0 Å². The second-order valence-corrected chi connectivity index (χ2v) is 6.40. The molecule has 1 aliphatic heterocycles. The molecule has 3 amide bonds.